The van der Waals surface area contributed by atoms with Gasteiger partial charge in [-0.15, -0.1) is 0 Å². The standard InChI is InChI=1S/C18H25NO/c20-15-16-8-7-9-17(14-16)18(10-3-1-4-11-18)19-12-5-2-6-13-19/h7-9,14-15H,1-6,10-13H2. The molecular formula is C18H25NO. The van der Waals surface area contributed by atoms with Crippen molar-refractivity contribution in [3.05, 3.63) is 35.4 Å². The summed E-state index contributed by atoms with van der Waals surface area (Å²) in [5.74, 6) is 0. The number of carbonyl (C=O) groups is 1. The van der Waals surface area contributed by atoms with Crippen LogP contribution < -0.4 is 0 Å². The molecule has 0 amide bonds. The Kier molecular flexibility index (Phi) is 4.21. The third-order valence-electron chi connectivity index (χ3n) is 5.20. The van der Waals surface area contributed by atoms with E-state index in [1.165, 1.54) is 70.0 Å². The first-order chi connectivity index (χ1) is 9.85. The van der Waals surface area contributed by atoms with Gasteiger partial charge in [0, 0.05) is 11.1 Å². The summed E-state index contributed by atoms with van der Waals surface area (Å²) >= 11 is 0. The van der Waals surface area contributed by atoms with Gasteiger partial charge in [0.05, 0.1) is 0 Å². The normalized spacial score (nSPS) is 23.4. The SMILES string of the molecule is O=Cc1cccc(C2(N3CCCCC3)CCCCC2)c1. The molecular weight excluding hydrogens is 246 g/mol. The van der Waals surface area contributed by atoms with Gasteiger partial charge in [-0.05, 0) is 50.4 Å². The van der Waals surface area contributed by atoms with E-state index in [-0.39, 0.29) is 5.54 Å². The van der Waals surface area contributed by atoms with Crippen LogP contribution >= 0.6 is 0 Å². The van der Waals surface area contributed by atoms with Crippen LogP contribution in [0.2, 0.25) is 0 Å². The van der Waals surface area contributed by atoms with Crippen molar-refractivity contribution in [1.29, 1.82) is 0 Å². The maximum atomic E-state index is 11.1. The number of likely N-dealkylation sites (tertiary alicyclic amines) is 1. The number of hydrogen-bond acceptors (Lipinski definition) is 2. The van der Waals surface area contributed by atoms with Crippen molar-refractivity contribution >= 4 is 6.29 Å². The summed E-state index contributed by atoms with van der Waals surface area (Å²) < 4.78 is 0. The van der Waals surface area contributed by atoms with E-state index in [1.54, 1.807) is 0 Å². The van der Waals surface area contributed by atoms with Gasteiger partial charge in [0.25, 0.3) is 0 Å². The number of benzene rings is 1. The Bertz CT molecular complexity index is 456. The molecule has 2 fully saturated rings. The average molecular weight is 271 g/mol. The highest BCUT2D eigenvalue weighted by Crippen LogP contribution is 2.43. The molecule has 3 rings (SSSR count). The largest absolute Gasteiger partial charge is 0.298 e. The Morgan fingerprint density at radius 1 is 0.950 bits per heavy atom. The third-order valence-corrected chi connectivity index (χ3v) is 5.20. The van der Waals surface area contributed by atoms with Crippen LogP contribution in [-0.4, -0.2) is 24.3 Å². The molecule has 1 heterocycles. The van der Waals surface area contributed by atoms with Crippen LogP contribution in [-0.2, 0) is 5.54 Å². The van der Waals surface area contributed by atoms with Crippen molar-refractivity contribution < 1.29 is 4.79 Å². The van der Waals surface area contributed by atoms with Gasteiger partial charge in [0.1, 0.15) is 6.29 Å². The highest BCUT2D eigenvalue weighted by Gasteiger charge is 2.39. The molecule has 0 spiro atoms. The summed E-state index contributed by atoms with van der Waals surface area (Å²) in [6.45, 7) is 2.45. The van der Waals surface area contributed by atoms with Crippen molar-refractivity contribution in [3.8, 4) is 0 Å². The molecule has 1 aromatic rings. The molecule has 0 atom stereocenters. The van der Waals surface area contributed by atoms with Crippen LogP contribution in [0.3, 0.4) is 0 Å². The van der Waals surface area contributed by atoms with Crippen molar-refractivity contribution in [2.45, 2.75) is 56.9 Å². The summed E-state index contributed by atoms with van der Waals surface area (Å²) in [5.41, 5.74) is 2.41. The third kappa shape index (κ3) is 2.54. The maximum absolute atomic E-state index is 11.1. The fourth-order valence-corrected chi connectivity index (χ4v) is 4.15. The second-order valence-corrected chi connectivity index (χ2v) is 6.38. The quantitative estimate of drug-likeness (QED) is 0.770. The molecule has 108 valence electrons. The lowest BCUT2D eigenvalue weighted by atomic mass is 9.74. The molecule has 0 aromatic heterocycles. The van der Waals surface area contributed by atoms with E-state index in [4.69, 9.17) is 0 Å². The fourth-order valence-electron chi connectivity index (χ4n) is 4.15. The lowest BCUT2D eigenvalue weighted by molar-refractivity contribution is 0.0303. The van der Waals surface area contributed by atoms with Crippen LogP contribution in [0.25, 0.3) is 0 Å². The highest BCUT2D eigenvalue weighted by atomic mass is 16.1. The number of hydrogen-bond donors (Lipinski definition) is 0. The molecule has 1 saturated carbocycles. The molecule has 0 unspecified atom stereocenters. The molecule has 1 aromatic carbocycles. The highest BCUT2D eigenvalue weighted by molar-refractivity contribution is 5.75. The van der Waals surface area contributed by atoms with Gasteiger partial charge in [-0.25, -0.2) is 0 Å². The van der Waals surface area contributed by atoms with Crippen LogP contribution in [0.15, 0.2) is 24.3 Å². The Morgan fingerprint density at radius 3 is 2.35 bits per heavy atom. The first-order valence-electron chi connectivity index (χ1n) is 8.16. The minimum absolute atomic E-state index is 0.206. The smallest absolute Gasteiger partial charge is 0.150 e. The number of rotatable bonds is 3. The van der Waals surface area contributed by atoms with Gasteiger partial charge in [-0.3, -0.25) is 9.69 Å². The van der Waals surface area contributed by atoms with E-state index in [2.05, 4.69) is 23.1 Å². The number of nitrogens with zero attached hydrogens (tertiary/aromatic N) is 1. The van der Waals surface area contributed by atoms with Crippen molar-refractivity contribution in [2.24, 2.45) is 0 Å². The molecule has 2 nitrogen and oxygen atoms in total. The Balaban J connectivity index is 1.97. The lowest BCUT2D eigenvalue weighted by Gasteiger charge is -2.49. The summed E-state index contributed by atoms with van der Waals surface area (Å²) in [7, 11) is 0. The Labute approximate surface area is 122 Å². The van der Waals surface area contributed by atoms with E-state index in [1.807, 2.05) is 6.07 Å². The van der Waals surface area contributed by atoms with Crippen LogP contribution in [0, 0.1) is 0 Å². The van der Waals surface area contributed by atoms with Gasteiger partial charge >= 0.3 is 0 Å². The van der Waals surface area contributed by atoms with E-state index >= 15 is 0 Å². The monoisotopic (exact) mass is 271 g/mol. The Morgan fingerprint density at radius 2 is 1.65 bits per heavy atom. The van der Waals surface area contributed by atoms with E-state index in [0.29, 0.717) is 0 Å². The predicted molar refractivity (Wildman–Crippen MR) is 82.0 cm³/mol. The maximum Gasteiger partial charge on any atom is 0.150 e. The van der Waals surface area contributed by atoms with E-state index in [0.717, 1.165) is 11.8 Å². The van der Waals surface area contributed by atoms with E-state index in [9.17, 15) is 4.79 Å². The minimum atomic E-state index is 0.206. The molecule has 2 aliphatic rings. The first-order valence-corrected chi connectivity index (χ1v) is 8.16. The second kappa shape index (κ2) is 6.09. The van der Waals surface area contributed by atoms with Crippen molar-refractivity contribution in [3.63, 3.8) is 0 Å². The summed E-state index contributed by atoms with van der Waals surface area (Å²) in [5, 5.41) is 0. The zero-order valence-electron chi connectivity index (χ0n) is 12.3. The van der Waals surface area contributed by atoms with Gasteiger partial charge in [-0.1, -0.05) is 43.9 Å². The van der Waals surface area contributed by atoms with Crippen molar-refractivity contribution in [2.75, 3.05) is 13.1 Å². The van der Waals surface area contributed by atoms with Gasteiger partial charge in [0.2, 0.25) is 0 Å². The van der Waals surface area contributed by atoms with Gasteiger partial charge < -0.3 is 0 Å². The van der Waals surface area contributed by atoms with E-state index < -0.39 is 0 Å². The Hall–Kier alpha value is -1.15. The summed E-state index contributed by atoms with van der Waals surface area (Å²) in [6.07, 6.45) is 11.5. The minimum Gasteiger partial charge on any atom is -0.298 e. The molecule has 1 aliphatic heterocycles. The van der Waals surface area contributed by atoms with Crippen LogP contribution in [0.5, 0.6) is 0 Å². The topological polar surface area (TPSA) is 20.3 Å². The van der Waals surface area contributed by atoms with Crippen LogP contribution in [0.4, 0.5) is 0 Å². The molecule has 0 radical (unpaired) electrons. The second-order valence-electron chi connectivity index (χ2n) is 6.38. The van der Waals surface area contributed by atoms with Gasteiger partial charge in [-0.2, -0.15) is 0 Å². The predicted octanol–water partition coefficient (Wildman–Crippen LogP) is 4.14. The zero-order valence-corrected chi connectivity index (χ0v) is 12.3. The fraction of sp³-hybridized carbons (Fsp3) is 0.611. The summed E-state index contributed by atoms with van der Waals surface area (Å²) in [4.78, 5) is 13.8. The lowest BCUT2D eigenvalue weighted by Crippen LogP contribution is -2.49. The van der Waals surface area contributed by atoms with Crippen LogP contribution in [0.1, 0.15) is 67.3 Å². The molecule has 2 heteroatoms. The average Bonchev–Trinajstić information content (AvgIpc) is 2.56. The number of aldehydes is 1. The van der Waals surface area contributed by atoms with Crippen molar-refractivity contribution in [1.82, 2.24) is 4.90 Å². The molecule has 20 heavy (non-hydrogen) atoms. The van der Waals surface area contributed by atoms with Gasteiger partial charge in [0.15, 0.2) is 0 Å². The molecule has 1 saturated heterocycles. The molecule has 1 aliphatic carbocycles. The molecule has 0 bridgehead atoms. The summed E-state index contributed by atoms with van der Waals surface area (Å²) in [6, 6.07) is 8.35. The number of carbonyl (C=O) groups excluding carboxylic acids is 1. The zero-order chi connectivity index (χ0) is 13.8. The first kappa shape index (κ1) is 13.8. The molecule has 0 N–H and O–H groups in total. The number of piperidine rings is 1.